The Balaban J connectivity index is 1.49. The maximum atomic E-state index is 12.9. The minimum absolute atomic E-state index is 0.211. The van der Waals surface area contributed by atoms with E-state index in [1.807, 2.05) is 37.6 Å². The summed E-state index contributed by atoms with van der Waals surface area (Å²) in [5.41, 5.74) is 2.51. The van der Waals surface area contributed by atoms with Gasteiger partial charge < -0.3 is 25.3 Å². The lowest BCUT2D eigenvalue weighted by Crippen LogP contribution is -2.49. The van der Waals surface area contributed by atoms with E-state index in [1.54, 1.807) is 11.1 Å². The molecule has 0 saturated carbocycles. The van der Waals surface area contributed by atoms with Crippen molar-refractivity contribution in [2.45, 2.75) is 64.3 Å². The first-order valence-electron chi connectivity index (χ1n) is 12.2. The number of piperidine rings is 1. The van der Waals surface area contributed by atoms with Crippen LogP contribution in [0.25, 0.3) is 10.9 Å². The molecule has 0 bridgehead atoms. The Kier molecular flexibility index (Phi) is 5.96. The number of anilines is 2. The Morgan fingerprint density at radius 2 is 1.97 bits per heavy atom. The van der Waals surface area contributed by atoms with Gasteiger partial charge in [0.05, 0.1) is 23.5 Å². The van der Waals surface area contributed by atoms with Gasteiger partial charge in [-0.2, -0.15) is 10.4 Å². The smallest absolute Gasteiger partial charge is 0.410 e. The predicted octanol–water partition coefficient (Wildman–Crippen LogP) is 3.71. The number of nitrogens with one attached hydrogen (secondary N) is 3. The van der Waals surface area contributed by atoms with E-state index in [2.05, 4.69) is 33.8 Å². The molecule has 0 aliphatic carbocycles. The largest absolute Gasteiger partial charge is 0.444 e. The number of pyridine rings is 1. The molecule has 10 nitrogen and oxygen atoms in total. The van der Waals surface area contributed by atoms with Crippen molar-refractivity contribution in [2.75, 3.05) is 18.4 Å². The Morgan fingerprint density at radius 3 is 2.69 bits per heavy atom. The van der Waals surface area contributed by atoms with Crippen molar-refractivity contribution in [1.29, 1.82) is 5.26 Å². The van der Waals surface area contributed by atoms with Gasteiger partial charge in [-0.3, -0.25) is 9.48 Å². The fraction of sp³-hybridized carbons (Fsp3) is 0.462. The molecule has 10 heteroatoms. The highest BCUT2D eigenvalue weighted by molar-refractivity contribution is 5.91. The van der Waals surface area contributed by atoms with Gasteiger partial charge in [0.1, 0.15) is 11.0 Å². The molecule has 2 aliphatic heterocycles. The SMILES string of the molecule is CC(C)(C)OC(=O)N1CCC(CC#N)(n2nc(Nc3ccc4c(c3)CNC4)c3c(=O)[nH]ccc32)CC1. The van der Waals surface area contributed by atoms with Crippen molar-refractivity contribution in [3.05, 3.63) is 51.9 Å². The Labute approximate surface area is 209 Å². The second-order valence-corrected chi connectivity index (χ2v) is 10.6. The van der Waals surface area contributed by atoms with Crippen LogP contribution in [-0.4, -0.2) is 44.4 Å². The molecule has 0 spiro atoms. The minimum Gasteiger partial charge on any atom is -0.444 e. The number of aromatic nitrogens is 3. The number of fused-ring (bicyclic) bond motifs is 2. The van der Waals surface area contributed by atoms with E-state index >= 15 is 0 Å². The molecule has 36 heavy (non-hydrogen) atoms. The van der Waals surface area contributed by atoms with Crippen molar-refractivity contribution in [2.24, 2.45) is 0 Å². The first-order valence-corrected chi connectivity index (χ1v) is 12.2. The summed E-state index contributed by atoms with van der Waals surface area (Å²) in [7, 11) is 0. The van der Waals surface area contributed by atoms with Gasteiger partial charge in [0.15, 0.2) is 5.82 Å². The van der Waals surface area contributed by atoms with E-state index in [-0.39, 0.29) is 18.1 Å². The van der Waals surface area contributed by atoms with Crippen LogP contribution in [0.2, 0.25) is 0 Å². The van der Waals surface area contributed by atoms with E-state index in [0.717, 1.165) is 18.8 Å². The van der Waals surface area contributed by atoms with Gasteiger partial charge in [0, 0.05) is 38.1 Å². The second kappa shape index (κ2) is 8.99. The standard InChI is InChI=1S/C26H31N7O3/c1-25(2,3)36-24(35)32-12-8-26(7-10-27,9-13-32)33-20-6-11-29-23(34)21(20)22(31-33)30-19-5-4-17-15-28-16-18(17)14-19/h4-6,11,14,28H,7-9,12-13,15-16H2,1-3H3,(H,29,34)(H,30,31). The van der Waals surface area contributed by atoms with Crippen LogP contribution in [0.5, 0.6) is 0 Å². The zero-order valence-corrected chi connectivity index (χ0v) is 20.9. The van der Waals surface area contributed by atoms with E-state index in [1.165, 1.54) is 11.1 Å². The quantitative estimate of drug-likeness (QED) is 0.510. The van der Waals surface area contributed by atoms with Crippen LogP contribution in [0.1, 0.15) is 51.2 Å². The van der Waals surface area contributed by atoms with Gasteiger partial charge in [-0.15, -0.1) is 0 Å². The van der Waals surface area contributed by atoms with Crippen molar-refractivity contribution in [3.63, 3.8) is 0 Å². The molecule has 1 saturated heterocycles. The molecule has 1 aromatic carbocycles. The normalized spacial score (nSPS) is 17.0. The molecule has 3 aromatic rings. The lowest BCUT2D eigenvalue weighted by Gasteiger charge is -2.41. The molecule has 4 heterocycles. The van der Waals surface area contributed by atoms with Crippen LogP contribution in [0.4, 0.5) is 16.3 Å². The number of benzene rings is 1. The van der Waals surface area contributed by atoms with Crippen molar-refractivity contribution in [1.82, 2.24) is 25.0 Å². The number of ether oxygens (including phenoxy) is 1. The zero-order chi connectivity index (χ0) is 25.5. The average molecular weight is 490 g/mol. The highest BCUT2D eigenvalue weighted by atomic mass is 16.6. The third kappa shape index (κ3) is 4.42. The summed E-state index contributed by atoms with van der Waals surface area (Å²) in [6.45, 7) is 8.05. The first kappa shape index (κ1) is 23.9. The Morgan fingerprint density at radius 1 is 1.22 bits per heavy atom. The Bertz CT molecular complexity index is 1400. The third-order valence-electron chi connectivity index (χ3n) is 6.91. The van der Waals surface area contributed by atoms with Crippen molar-refractivity contribution in [3.8, 4) is 6.07 Å². The molecule has 188 valence electrons. The van der Waals surface area contributed by atoms with Gasteiger partial charge in [-0.1, -0.05) is 6.07 Å². The summed E-state index contributed by atoms with van der Waals surface area (Å²) in [6.07, 6.45) is 2.50. The fourth-order valence-corrected chi connectivity index (χ4v) is 5.08. The highest BCUT2D eigenvalue weighted by Gasteiger charge is 2.41. The van der Waals surface area contributed by atoms with Gasteiger partial charge in [0.2, 0.25) is 0 Å². The van der Waals surface area contributed by atoms with Crippen LogP contribution >= 0.6 is 0 Å². The highest BCUT2D eigenvalue weighted by Crippen LogP contribution is 2.38. The summed E-state index contributed by atoms with van der Waals surface area (Å²) in [6, 6.07) is 10.3. The summed E-state index contributed by atoms with van der Waals surface area (Å²) in [5.74, 6) is 0.449. The zero-order valence-electron chi connectivity index (χ0n) is 20.9. The van der Waals surface area contributed by atoms with Crippen LogP contribution in [0.3, 0.4) is 0 Å². The summed E-state index contributed by atoms with van der Waals surface area (Å²) in [5, 5.41) is 21.7. The maximum absolute atomic E-state index is 12.9. The number of H-pyrrole nitrogens is 1. The minimum atomic E-state index is -0.652. The number of nitrogens with zero attached hydrogens (tertiary/aromatic N) is 4. The van der Waals surface area contributed by atoms with Gasteiger partial charge in [-0.25, -0.2) is 4.79 Å². The molecule has 2 aromatic heterocycles. The number of aromatic amines is 1. The van der Waals surface area contributed by atoms with Crippen LogP contribution < -0.4 is 16.2 Å². The predicted molar refractivity (Wildman–Crippen MR) is 136 cm³/mol. The molecule has 0 unspecified atom stereocenters. The van der Waals surface area contributed by atoms with E-state index in [9.17, 15) is 14.9 Å². The van der Waals surface area contributed by atoms with Crippen LogP contribution in [0, 0.1) is 11.3 Å². The van der Waals surface area contributed by atoms with Gasteiger partial charge >= 0.3 is 6.09 Å². The molecule has 0 radical (unpaired) electrons. The van der Waals surface area contributed by atoms with Crippen LogP contribution in [0.15, 0.2) is 35.3 Å². The molecule has 3 N–H and O–H groups in total. The topological polar surface area (TPSA) is 128 Å². The first-order chi connectivity index (χ1) is 17.2. The lowest BCUT2D eigenvalue weighted by molar-refractivity contribution is 0.0110. The molecule has 1 fully saturated rings. The number of carbonyl (C=O) groups excluding carboxylic acids is 1. The number of hydrogen-bond acceptors (Lipinski definition) is 7. The number of carbonyl (C=O) groups is 1. The number of likely N-dealkylation sites (tertiary alicyclic amines) is 1. The Hall–Kier alpha value is -3.84. The van der Waals surface area contributed by atoms with Gasteiger partial charge in [0.25, 0.3) is 5.56 Å². The number of nitriles is 1. The monoisotopic (exact) mass is 489 g/mol. The van der Waals surface area contributed by atoms with Crippen LogP contribution in [-0.2, 0) is 23.4 Å². The number of hydrogen-bond donors (Lipinski definition) is 3. The number of amides is 1. The third-order valence-corrected chi connectivity index (χ3v) is 6.91. The average Bonchev–Trinajstić information content (AvgIpc) is 3.44. The van der Waals surface area contributed by atoms with Crippen molar-refractivity contribution >= 4 is 28.5 Å². The summed E-state index contributed by atoms with van der Waals surface area (Å²) in [4.78, 5) is 30.0. The molecule has 0 atom stereocenters. The molecular formula is C26H31N7O3. The fourth-order valence-electron chi connectivity index (χ4n) is 5.08. The molecule has 5 rings (SSSR count). The second-order valence-electron chi connectivity index (χ2n) is 10.6. The number of rotatable bonds is 4. The maximum Gasteiger partial charge on any atom is 0.410 e. The van der Waals surface area contributed by atoms with Crippen molar-refractivity contribution < 1.29 is 9.53 Å². The van der Waals surface area contributed by atoms with E-state index < -0.39 is 11.1 Å². The summed E-state index contributed by atoms with van der Waals surface area (Å²) >= 11 is 0. The van der Waals surface area contributed by atoms with Gasteiger partial charge in [-0.05, 0) is 62.9 Å². The van der Waals surface area contributed by atoms with E-state index in [0.29, 0.717) is 42.7 Å². The molecular weight excluding hydrogens is 458 g/mol. The molecule has 2 aliphatic rings. The molecule has 1 amide bonds. The summed E-state index contributed by atoms with van der Waals surface area (Å²) < 4.78 is 7.36. The van der Waals surface area contributed by atoms with E-state index in [4.69, 9.17) is 9.84 Å². The lowest BCUT2D eigenvalue weighted by atomic mass is 9.85.